The molecule has 1 heterocycles. The molecule has 0 atom stereocenters. The van der Waals surface area contributed by atoms with Crippen molar-refractivity contribution in [2.45, 2.75) is 25.0 Å². The van der Waals surface area contributed by atoms with Gasteiger partial charge in [0, 0.05) is 20.3 Å². The third kappa shape index (κ3) is 6.63. The molecule has 0 unspecified atom stereocenters. The second-order valence-corrected chi connectivity index (χ2v) is 7.09. The van der Waals surface area contributed by atoms with Crippen molar-refractivity contribution in [2.24, 2.45) is 5.73 Å². The van der Waals surface area contributed by atoms with Crippen LogP contribution in [0.4, 0.5) is 0 Å². The lowest BCUT2D eigenvalue weighted by Crippen LogP contribution is -2.57. The van der Waals surface area contributed by atoms with E-state index in [1.807, 2.05) is 54.6 Å². The molecule has 158 valence electrons. The normalized spacial score (nSPS) is 15.1. The molecule has 1 amide bonds. The minimum absolute atomic E-state index is 0. The highest BCUT2D eigenvalue weighted by Gasteiger charge is 2.37. The average Bonchev–Trinajstić information content (AvgIpc) is 2.74. The van der Waals surface area contributed by atoms with Crippen LogP contribution in [0, 0.1) is 0 Å². The highest BCUT2D eigenvalue weighted by Crippen LogP contribution is 2.21. The van der Waals surface area contributed by atoms with Crippen molar-refractivity contribution in [1.29, 1.82) is 0 Å². The van der Waals surface area contributed by atoms with Crippen LogP contribution in [0.2, 0.25) is 0 Å². The van der Waals surface area contributed by atoms with Gasteiger partial charge in [-0.05, 0) is 42.7 Å². The summed E-state index contributed by atoms with van der Waals surface area (Å²) in [5, 5.41) is 0. The van der Waals surface area contributed by atoms with Crippen molar-refractivity contribution >= 4 is 18.3 Å². The van der Waals surface area contributed by atoms with E-state index < -0.39 is 5.54 Å². The highest BCUT2D eigenvalue weighted by molar-refractivity contribution is 5.86. The molecule has 0 spiro atoms. The predicted molar refractivity (Wildman–Crippen MR) is 115 cm³/mol. The Bertz CT molecular complexity index is 749. The van der Waals surface area contributed by atoms with Gasteiger partial charge in [-0.3, -0.25) is 4.79 Å². The molecule has 0 aromatic heterocycles. The van der Waals surface area contributed by atoms with Crippen molar-refractivity contribution in [3.05, 3.63) is 60.2 Å². The van der Waals surface area contributed by atoms with E-state index in [9.17, 15) is 4.79 Å². The number of hydrogen-bond donors (Lipinski definition) is 1. The average molecular weight is 421 g/mol. The van der Waals surface area contributed by atoms with Crippen LogP contribution in [0.3, 0.4) is 0 Å². The van der Waals surface area contributed by atoms with E-state index >= 15 is 0 Å². The van der Waals surface area contributed by atoms with Gasteiger partial charge in [0.2, 0.25) is 5.91 Å². The van der Waals surface area contributed by atoms with Crippen LogP contribution >= 0.6 is 12.4 Å². The first kappa shape index (κ1) is 23.0. The van der Waals surface area contributed by atoms with E-state index in [2.05, 4.69) is 0 Å². The van der Waals surface area contributed by atoms with Crippen molar-refractivity contribution in [3.8, 4) is 11.5 Å². The SMILES string of the molecule is CN(CCOc1ccc(OCc2ccccc2)cc1)C(=O)C1(N)CCOCC1.Cl. The van der Waals surface area contributed by atoms with Gasteiger partial charge in [-0.25, -0.2) is 0 Å². The van der Waals surface area contributed by atoms with Crippen molar-refractivity contribution < 1.29 is 19.0 Å². The summed E-state index contributed by atoms with van der Waals surface area (Å²) < 4.78 is 16.8. The number of carbonyl (C=O) groups is 1. The fraction of sp³-hybridized carbons (Fsp3) is 0.409. The van der Waals surface area contributed by atoms with Crippen LogP contribution in [0.15, 0.2) is 54.6 Å². The van der Waals surface area contributed by atoms with E-state index in [0.29, 0.717) is 45.8 Å². The summed E-state index contributed by atoms with van der Waals surface area (Å²) in [4.78, 5) is 14.2. The van der Waals surface area contributed by atoms with E-state index in [1.165, 1.54) is 0 Å². The van der Waals surface area contributed by atoms with Gasteiger partial charge in [-0.2, -0.15) is 0 Å². The zero-order chi connectivity index (χ0) is 19.8. The molecule has 1 fully saturated rings. The lowest BCUT2D eigenvalue weighted by molar-refractivity contribution is -0.139. The molecule has 0 radical (unpaired) electrons. The number of carbonyl (C=O) groups excluding carboxylic acids is 1. The summed E-state index contributed by atoms with van der Waals surface area (Å²) in [6.07, 6.45) is 1.11. The summed E-state index contributed by atoms with van der Waals surface area (Å²) in [5.74, 6) is 1.47. The Kier molecular flexibility index (Phi) is 8.76. The zero-order valence-corrected chi connectivity index (χ0v) is 17.5. The van der Waals surface area contributed by atoms with Crippen LogP contribution in [0.1, 0.15) is 18.4 Å². The molecule has 1 aliphatic rings. The smallest absolute Gasteiger partial charge is 0.242 e. The number of ether oxygens (including phenoxy) is 3. The Morgan fingerprint density at radius 3 is 2.24 bits per heavy atom. The molecule has 0 saturated carbocycles. The first-order valence-corrected chi connectivity index (χ1v) is 9.59. The number of rotatable bonds is 8. The number of amides is 1. The van der Waals surface area contributed by atoms with Gasteiger partial charge in [0.05, 0.1) is 12.1 Å². The van der Waals surface area contributed by atoms with Gasteiger partial charge in [0.1, 0.15) is 24.7 Å². The molecule has 0 aliphatic carbocycles. The maximum atomic E-state index is 12.6. The van der Waals surface area contributed by atoms with Crippen molar-refractivity contribution in [2.75, 3.05) is 33.4 Å². The minimum Gasteiger partial charge on any atom is -0.492 e. The first-order chi connectivity index (χ1) is 13.6. The van der Waals surface area contributed by atoms with Crippen LogP contribution < -0.4 is 15.2 Å². The lowest BCUT2D eigenvalue weighted by Gasteiger charge is -2.35. The van der Waals surface area contributed by atoms with Crippen molar-refractivity contribution in [1.82, 2.24) is 4.90 Å². The molecular formula is C22H29ClN2O4. The summed E-state index contributed by atoms with van der Waals surface area (Å²) >= 11 is 0. The zero-order valence-electron chi connectivity index (χ0n) is 16.7. The first-order valence-electron chi connectivity index (χ1n) is 9.59. The van der Waals surface area contributed by atoms with Gasteiger partial charge in [-0.1, -0.05) is 30.3 Å². The van der Waals surface area contributed by atoms with Crippen LogP contribution in [0.25, 0.3) is 0 Å². The number of nitrogens with two attached hydrogens (primary N) is 1. The Morgan fingerprint density at radius 2 is 1.62 bits per heavy atom. The third-order valence-electron chi connectivity index (χ3n) is 4.93. The molecule has 0 bridgehead atoms. The molecule has 1 saturated heterocycles. The standard InChI is InChI=1S/C22H28N2O4.ClH/c1-24(21(25)22(23)11-14-26-15-12-22)13-16-27-19-7-9-20(10-8-19)28-17-18-5-3-2-4-6-18;/h2-10H,11-17,23H2,1H3;1H. The molecule has 1 aliphatic heterocycles. The highest BCUT2D eigenvalue weighted by atomic mass is 35.5. The summed E-state index contributed by atoms with van der Waals surface area (Å²) in [5.41, 5.74) is 6.56. The Morgan fingerprint density at radius 1 is 1.03 bits per heavy atom. The predicted octanol–water partition coefficient (Wildman–Crippen LogP) is 3.03. The summed E-state index contributed by atoms with van der Waals surface area (Å²) in [7, 11) is 1.76. The minimum atomic E-state index is -0.815. The van der Waals surface area contributed by atoms with Crippen molar-refractivity contribution in [3.63, 3.8) is 0 Å². The second kappa shape index (κ2) is 11.0. The third-order valence-corrected chi connectivity index (χ3v) is 4.93. The number of likely N-dealkylation sites (N-methyl/N-ethyl adjacent to an activating group) is 1. The lowest BCUT2D eigenvalue weighted by atomic mass is 9.90. The molecule has 3 rings (SSSR count). The number of nitrogens with zero attached hydrogens (tertiary/aromatic N) is 1. The molecule has 29 heavy (non-hydrogen) atoms. The molecule has 2 aromatic carbocycles. The Labute approximate surface area is 178 Å². The van der Waals surface area contributed by atoms with Gasteiger partial charge < -0.3 is 24.8 Å². The largest absolute Gasteiger partial charge is 0.492 e. The molecule has 2 N–H and O–H groups in total. The number of halogens is 1. The Balaban J connectivity index is 0.00000300. The van der Waals surface area contributed by atoms with E-state index in [1.54, 1.807) is 11.9 Å². The fourth-order valence-corrected chi connectivity index (χ4v) is 3.10. The van der Waals surface area contributed by atoms with Gasteiger partial charge in [-0.15, -0.1) is 12.4 Å². The van der Waals surface area contributed by atoms with Crippen LogP contribution in [-0.2, 0) is 16.1 Å². The van der Waals surface area contributed by atoms with Gasteiger partial charge >= 0.3 is 0 Å². The molecule has 6 nitrogen and oxygen atoms in total. The van der Waals surface area contributed by atoms with E-state index in [4.69, 9.17) is 19.9 Å². The molecule has 2 aromatic rings. The maximum absolute atomic E-state index is 12.6. The quantitative estimate of drug-likeness (QED) is 0.710. The van der Waals surface area contributed by atoms with E-state index in [-0.39, 0.29) is 18.3 Å². The number of benzene rings is 2. The second-order valence-electron chi connectivity index (χ2n) is 7.09. The van der Waals surface area contributed by atoms with Crippen LogP contribution in [-0.4, -0.2) is 49.8 Å². The fourth-order valence-electron chi connectivity index (χ4n) is 3.10. The summed E-state index contributed by atoms with van der Waals surface area (Å²) in [6, 6.07) is 17.5. The molecular weight excluding hydrogens is 392 g/mol. The molecule has 7 heteroatoms. The Hall–Kier alpha value is -2.28. The monoisotopic (exact) mass is 420 g/mol. The number of hydrogen-bond acceptors (Lipinski definition) is 5. The van der Waals surface area contributed by atoms with E-state index in [0.717, 1.165) is 17.1 Å². The summed E-state index contributed by atoms with van der Waals surface area (Å²) in [6.45, 7) is 2.47. The van der Waals surface area contributed by atoms with Crippen LogP contribution in [0.5, 0.6) is 11.5 Å². The van der Waals surface area contributed by atoms with Gasteiger partial charge in [0.25, 0.3) is 0 Å². The topological polar surface area (TPSA) is 74.0 Å². The van der Waals surface area contributed by atoms with Gasteiger partial charge in [0.15, 0.2) is 0 Å². The maximum Gasteiger partial charge on any atom is 0.242 e.